The van der Waals surface area contributed by atoms with Crippen molar-refractivity contribution in [2.75, 3.05) is 19.8 Å². The molecule has 0 radical (unpaired) electrons. The van der Waals surface area contributed by atoms with E-state index in [-0.39, 0.29) is 10.9 Å². The lowest BCUT2D eigenvalue weighted by molar-refractivity contribution is -0.0961. The van der Waals surface area contributed by atoms with Crippen LogP contribution in [0.5, 0.6) is 0 Å². The van der Waals surface area contributed by atoms with Crippen LogP contribution in [0.4, 0.5) is 0 Å². The van der Waals surface area contributed by atoms with Gasteiger partial charge in [0.15, 0.2) is 0 Å². The summed E-state index contributed by atoms with van der Waals surface area (Å²) in [5, 5.41) is 12.6. The van der Waals surface area contributed by atoms with Gasteiger partial charge in [0.2, 0.25) is 0 Å². The molecule has 2 unspecified atom stereocenters. The second-order valence-corrected chi connectivity index (χ2v) is 4.71. The largest absolute Gasteiger partial charge is 0.312 e. The van der Waals surface area contributed by atoms with Gasteiger partial charge in [-0.05, 0) is 6.08 Å². The van der Waals surface area contributed by atoms with Crippen LogP contribution in [0.25, 0.3) is 5.70 Å². The van der Waals surface area contributed by atoms with E-state index < -0.39 is 0 Å². The maximum Gasteiger partial charge on any atom is 0.311 e. The predicted octanol–water partition coefficient (Wildman–Crippen LogP) is 0.0972. The fourth-order valence-electron chi connectivity index (χ4n) is 2.12. The summed E-state index contributed by atoms with van der Waals surface area (Å²) in [6.07, 6.45) is 3.75. The molecule has 0 aliphatic carbocycles. The summed E-state index contributed by atoms with van der Waals surface area (Å²) in [5.74, 6) is 0. The van der Waals surface area contributed by atoms with Gasteiger partial charge < -0.3 is 5.21 Å². The minimum Gasteiger partial charge on any atom is -0.312 e. The van der Waals surface area contributed by atoms with Gasteiger partial charge in [-0.3, -0.25) is 14.3 Å². The zero-order valence-electron chi connectivity index (χ0n) is 8.04. The van der Waals surface area contributed by atoms with Gasteiger partial charge in [-0.25, -0.2) is 0 Å². The Morgan fingerprint density at radius 2 is 2.40 bits per heavy atom. The molecule has 0 spiro atoms. The molecule has 2 bridgehead atoms. The summed E-state index contributed by atoms with van der Waals surface area (Å²) in [5.41, 5.74) is 0.967. The summed E-state index contributed by atoms with van der Waals surface area (Å²) in [7, 11) is 0. The highest BCUT2D eigenvalue weighted by atomic mass is 32.1. The number of rotatable bonds is 1. The van der Waals surface area contributed by atoms with E-state index in [0.717, 1.165) is 18.8 Å². The van der Waals surface area contributed by atoms with Crippen molar-refractivity contribution >= 4 is 17.0 Å². The summed E-state index contributed by atoms with van der Waals surface area (Å²) < 4.78 is 1.66. The van der Waals surface area contributed by atoms with Gasteiger partial charge in [-0.1, -0.05) is 11.3 Å². The van der Waals surface area contributed by atoms with Gasteiger partial charge in [-0.2, -0.15) is 5.06 Å². The van der Waals surface area contributed by atoms with Gasteiger partial charge in [-0.15, -0.1) is 0 Å². The normalized spacial score (nSPS) is 30.6. The molecule has 0 saturated carbocycles. The fourth-order valence-corrected chi connectivity index (χ4v) is 2.71. The topological polar surface area (TPSA) is 48.7 Å². The smallest absolute Gasteiger partial charge is 0.311 e. The van der Waals surface area contributed by atoms with Crippen LogP contribution in [0.15, 0.2) is 22.4 Å². The molecular formula is C9H11N3O2S. The Morgan fingerprint density at radius 1 is 1.53 bits per heavy atom. The zero-order valence-corrected chi connectivity index (χ0v) is 8.85. The average molecular weight is 225 g/mol. The molecule has 2 aliphatic rings. The Hall–Kier alpha value is -0.950. The van der Waals surface area contributed by atoms with Crippen LogP contribution in [0, 0.1) is 0 Å². The molecule has 0 aromatic carbocycles. The molecular weight excluding hydrogens is 214 g/mol. The quantitative estimate of drug-likeness (QED) is 0.736. The van der Waals surface area contributed by atoms with E-state index in [4.69, 9.17) is 0 Å². The van der Waals surface area contributed by atoms with Crippen molar-refractivity contribution in [1.82, 2.24) is 14.5 Å². The monoisotopic (exact) mass is 225 g/mol. The molecule has 15 heavy (non-hydrogen) atoms. The molecule has 1 fully saturated rings. The number of thiazole rings is 1. The van der Waals surface area contributed by atoms with E-state index in [1.54, 1.807) is 16.1 Å². The number of hydrogen-bond acceptors (Lipinski definition) is 5. The second kappa shape index (κ2) is 3.28. The van der Waals surface area contributed by atoms with Crippen molar-refractivity contribution < 1.29 is 5.21 Å². The summed E-state index contributed by atoms with van der Waals surface area (Å²) in [4.78, 5) is 13.6. The van der Waals surface area contributed by atoms with E-state index >= 15 is 0 Å². The van der Waals surface area contributed by atoms with Crippen molar-refractivity contribution in [3.8, 4) is 0 Å². The molecule has 1 N–H and O–H groups in total. The summed E-state index contributed by atoms with van der Waals surface area (Å²) >= 11 is 1.19. The summed E-state index contributed by atoms with van der Waals surface area (Å²) in [6, 6.07) is 0.0283. The van der Waals surface area contributed by atoms with E-state index in [1.165, 1.54) is 16.4 Å². The highest BCUT2D eigenvalue weighted by molar-refractivity contribution is 7.07. The van der Waals surface area contributed by atoms with Crippen molar-refractivity contribution in [2.45, 2.75) is 6.04 Å². The minimum atomic E-state index is 0.0283. The fraction of sp³-hybridized carbons (Fsp3) is 0.444. The molecule has 3 rings (SSSR count). The number of aromatic nitrogens is 1. The van der Waals surface area contributed by atoms with Crippen LogP contribution < -0.4 is 4.87 Å². The van der Waals surface area contributed by atoms with Gasteiger partial charge in [0.25, 0.3) is 0 Å². The third-order valence-corrected chi connectivity index (χ3v) is 3.48. The van der Waals surface area contributed by atoms with Gasteiger partial charge in [0.05, 0.1) is 12.7 Å². The zero-order chi connectivity index (χ0) is 10.4. The highest BCUT2D eigenvalue weighted by Crippen LogP contribution is 2.22. The van der Waals surface area contributed by atoms with E-state index in [1.807, 2.05) is 6.08 Å². The minimum absolute atomic E-state index is 0.0283. The van der Waals surface area contributed by atoms with E-state index in [2.05, 4.69) is 4.90 Å². The Kier molecular flexibility index (Phi) is 2.03. The van der Waals surface area contributed by atoms with Crippen molar-refractivity contribution in [2.24, 2.45) is 0 Å². The first kappa shape index (κ1) is 9.29. The van der Waals surface area contributed by atoms with Gasteiger partial charge in [0.1, 0.15) is 0 Å². The van der Waals surface area contributed by atoms with Crippen LogP contribution >= 0.6 is 11.3 Å². The van der Waals surface area contributed by atoms with Crippen molar-refractivity contribution in [3.05, 3.63) is 27.3 Å². The number of nitrogens with zero attached hydrogens (tertiary/aromatic N) is 3. The van der Waals surface area contributed by atoms with Crippen molar-refractivity contribution in [3.63, 3.8) is 0 Å². The number of hydrogen-bond donors (Lipinski definition) is 1. The molecule has 6 heteroatoms. The lowest BCUT2D eigenvalue weighted by Crippen LogP contribution is -2.31. The maximum atomic E-state index is 11.5. The Labute approximate surface area is 90.4 Å². The van der Waals surface area contributed by atoms with Crippen LogP contribution in [-0.4, -0.2) is 45.5 Å². The first-order valence-electron chi connectivity index (χ1n) is 4.79. The standard InChI is InChI=1S/C9H11N3O2S/c13-9-11(1-2-15-9)7-3-8-5-10(4-7)6-12(8)14/h1-3,8,14H,4-6H2. The molecule has 1 aromatic heterocycles. The first-order chi connectivity index (χ1) is 7.24. The summed E-state index contributed by atoms with van der Waals surface area (Å²) in [6.45, 7) is 2.13. The Balaban J connectivity index is 1.99. The number of fused-ring (bicyclic) bond motifs is 2. The van der Waals surface area contributed by atoms with Crippen LogP contribution in [-0.2, 0) is 0 Å². The molecule has 5 nitrogen and oxygen atoms in total. The van der Waals surface area contributed by atoms with Gasteiger partial charge >= 0.3 is 4.87 Å². The first-order valence-corrected chi connectivity index (χ1v) is 5.67. The highest BCUT2D eigenvalue weighted by Gasteiger charge is 2.33. The number of hydroxylamine groups is 2. The molecule has 1 aromatic rings. The molecule has 2 atom stereocenters. The van der Waals surface area contributed by atoms with Gasteiger partial charge in [0, 0.05) is 30.4 Å². The molecule has 2 aliphatic heterocycles. The SMILES string of the molecule is O=c1sccn1C1=CC2CN(C1)CN2O. The second-order valence-electron chi connectivity index (χ2n) is 3.86. The lowest BCUT2D eigenvalue weighted by Gasteiger charge is -2.21. The maximum absolute atomic E-state index is 11.5. The van der Waals surface area contributed by atoms with E-state index in [9.17, 15) is 10.0 Å². The molecule has 3 heterocycles. The lowest BCUT2D eigenvalue weighted by atomic mass is 10.2. The van der Waals surface area contributed by atoms with E-state index in [0.29, 0.717) is 6.67 Å². The molecule has 0 amide bonds. The average Bonchev–Trinajstić information content (AvgIpc) is 2.73. The predicted molar refractivity (Wildman–Crippen MR) is 56.7 cm³/mol. The third-order valence-electron chi connectivity index (χ3n) is 2.83. The molecule has 1 saturated heterocycles. The molecule has 80 valence electrons. The Morgan fingerprint density at radius 3 is 3.07 bits per heavy atom. The van der Waals surface area contributed by atoms with Crippen molar-refractivity contribution in [1.29, 1.82) is 0 Å². The van der Waals surface area contributed by atoms with Crippen LogP contribution in [0.3, 0.4) is 0 Å². The van der Waals surface area contributed by atoms with Crippen LogP contribution in [0.1, 0.15) is 0 Å². The van der Waals surface area contributed by atoms with Crippen LogP contribution in [0.2, 0.25) is 0 Å². The Bertz CT molecular complexity index is 464. The third kappa shape index (κ3) is 1.46.